The van der Waals surface area contributed by atoms with E-state index in [1.165, 1.54) is 11.9 Å². The number of nitrogens with two attached hydrogens (primary N) is 1. The van der Waals surface area contributed by atoms with Crippen molar-refractivity contribution in [1.82, 2.24) is 9.97 Å². The molecule has 2 aromatic heterocycles. The Balaban J connectivity index is 2.12. The molecule has 0 aliphatic rings. The Morgan fingerprint density at radius 2 is 2.11 bits per heavy atom. The fourth-order valence-electron chi connectivity index (χ4n) is 2.14. The molecular formula is C14H20N4S. The van der Waals surface area contributed by atoms with E-state index in [1.807, 2.05) is 0 Å². The summed E-state index contributed by atoms with van der Waals surface area (Å²) >= 11 is 1.72. The Kier molecular flexibility index (Phi) is 4.37. The largest absolute Gasteiger partial charge is 0.383 e. The molecule has 0 bridgehead atoms. The van der Waals surface area contributed by atoms with Gasteiger partial charge in [0, 0.05) is 11.6 Å². The molecule has 2 heterocycles. The van der Waals surface area contributed by atoms with Gasteiger partial charge in [-0.15, -0.1) is 0 Å². The Morgan fingerprint density at radius 3 is 2.74 bits per heavy atom. The molecule has 0 fully saturated rings. The quantitative estimate of drug-likeness (QED) is 0.879. The van der Waals surface area contributed by atoms with Crippen molar-refractivity contribution in [2.24, 2.45) is 0 Å². The van der Waals surface area contributed by atoms with Gasteiger partial charge in [-0.25, -0.2) is 9.97 Å². The Hall–Kier alpha value is -1.62. The molecule has 0 aliphatic heterocycles. The van der Waals surface area contributed by atoms with Crippen LogP contribution < -0.4 is 11.1 Å². The molecule has 3 N–H and O–H groups in total. The average Bonchev–Trinajstić information content (AvgIpc) is 2.81. The lowest BCUT2D eigenvalue weighted by molar-refractivity contribution is 0.772. The van der Waals surface area contributed by atoms with Crippen molar-refractivity contribution >= 4 is 23.0 Å². The maximum atomic E-state index is 5.94. The minimum absolute atomic E-state index is 0.303. The van der Waals surface area contributed by atoms with Crippen LogP contribution in [0.15, 0.2) is 23.2 Å². The van der Waals surface area contributed by atoms with Gasteiger partial charge < -0.3 is 11.1 Å². The van der Waals surface area contributed by atoms with Gasteiger partial charge in [0.2, 0.25) is 0 Å². The van der Waals surface area contributed by atoms with Crippen LogP contribution >= 0.6 is 11.3 Å². The zero-order valence-electron chi connectivity index (χ0n) is 11.6. The molecule has 102 valence electrons. The van der Waals surface area contributed by atoms with Crippen LogP contribution in [0.5, 0.6) is 0 Å². The zero-order valence-corrected chi connectivity index (χ0v) is 12.4. The number of rotatable bonds is 5. The van der Waals surface area contributed by atoms with Gasteiger partial charge in [0.15, 0.2) is 0 Å². The molecule has 1 atom stereocenters. The van der Waals surface area contributed by atoms with Gasteiger partial charge in [-0.1, -0.05) is 13.8 Å². The second-order valence-corrected chi connectivity index (χ2v) is 5.84. The summed E-state index contributed by atoms with van der Waals surface area (Å²) in [7, 11) is 0. The van der Waals surface area contributed by atoms with Crippen LogP contribution in [-0.4, -0.2) is 16.0 Å². The first kappa shape index (κ1) is 13.8. The maximum Gasteiger partial charge on any atom is 0.135 e. The van der Waals surface area contributed by atoms with E-state index in [9.17, 15) is 0 Å². The van der Waals surface area contributed by atoms with Crippen LogP contribution in [0.3, 0.4) is 0 Å². The fourth-order valence-corrected chi connectivity index (χ4v) is 2.82. The summed E-state index contributed by atoms with van der Waals surface area (Å²) in [4.78, 5) is 8.40. The average molecular weight is 276 g/mol. The molecule has 1 unspecified atom stereocenters. The third-order valence-corrected chi connectivity index (χ3v) is 3.73. The van der Waals surface area contributed by atoms with Crippen LogP contribution in [0, 0.1) is 0 Å². The topological polar surface area (TPSA) is 63.8 Å². The van der Waals surface area contributed by atoms with E-state index in [2.05, 4.69) is 52.9 Å². The molecule has 0 aliphatic carbocycles. The zero-order chi connectivity index (χ0) is 13.8. The van der Waals surface area contributed by atoms with Crippen LogP contribution in [-0.2, 0) is 6.42 Å². The van der Waals surface area contributed by atoms with Gasteiger partial charge >= 0.3 is 0 Å². The van der Waals surface area contributed by atoms with Crippen LogP contribution in [0.2, 0.25) is 0 Å². The standard InChI is InChI=1S/C14H20N4S/c1-9(2)12-13(15)16-8-17-14(12)18-10(3)6-11-4-5-19-7-11/h4-5,7-10H,6H2,1-3H3,(H3,15,16,17,18). The van der Waals surface area contributed by atoms with E-state index in [0.717, 1.165) is 17.8 Å². The highest BCUT2D eigenvalue weighted by Crippen LogP contribution is 2.27. The predicted octanol–water partition coefficient (Wildman–Crippen LogP) is 3.29. The van der Waals surface area contributed by atoms with Crippen molar-refractivity contribution in [2.45, 2.75) is 39.2 Å². The lowest BCUT2D eigenvalue weighted by Gasteiger charge is -2.19. The lowest BCUT2D eigenvalue weighted by Crippen LogP contribution is -2.20. The number of aromatic nitrogens is 2. The summed E-state index contributed by atoms with van der Waals surface area (Å²) in [5.41, 5.74) is 8.29. The SMILES string of the molecule is CC(Cc1ccsc1)Nc1ncnc(N)c1C(C)C. The van der Waals surface area contributed by atoms with E-state index in [1.54, 1.807) is 11.3 Å². The number of anilines is 2. The Bertz CT molecular complexity index is 522. The van der Waals surface area contributed by atoms with Crippen molar-refractivity contribution < 1.29 is 0 Å². The van der Waals surface area contributed by atoms with E-state index in [-0.39, 0.29) is 0 Å². The fraction of sp³-hybridized carbons (Fsp3) is 0.429. The number of nitrogen functional groups attached to an aromatic ring is 1. The molecule has 5 heteroatoms. The molecule has 0 radical (unpaired) electrons. The van der Waals surface area contributed by atoms with Gasteiger partial charge in [-0.05, 0) is 41.7 Å². The summed E-state index contributed by atoms with van der Waals surface area (Å²) in [6.45, 7) is 6.35. The highest BCUT2D eigenvalue weighted by molar-refractivity contribution is 7.07. The summed E-state index contributed by atoms with van der Waals surface area (Å²) in [5, 5.41) is 7.72. The highest BCUT2D eigenvalue weighted by Gasteiger charge is 2.14. The minimum atomic E-state index is 0.303. The van der Waals surface area contributed by atoms with Crippen molar-refractivity contribution in [2.75, 3.05) is 11.1 Å². The Morgan fingerprint density at radius 1 is 1.32 bits per heavy atom. The van der Waals surface area contributed by atoms with Crippen LogP contribution in [0.4, 0.5) is 11.6 Å². The summed E-state index contributed by atoms with van der Waals surface area (Å²) in [6.07, 6.45) is 2.49. The number of hydrogen-bond acceptors (Lipinski definition) is 5. The molecule has 2 aromatic rings. The molecular weight excluding hydrogens is 256 g/mol. The first-order valence-corrected chi connectivity index (χ1v) is 7.40. The smallest absolute Gasteiger partial charge is 0.135 e. The molecule has 0 aromatic carbocycles. The van der Waals surface area contributed by atoms with Crippen LogP contribution in [0.25, 0.3) is 0 Å². The monoisotopic (exact) mass is 276 g/mol. The second-order valence-electron chi connectivity index (χ2n) is 5.06. The van der Waals surface area contributed by atoms with E-state index < -0.39 is 0 Å². The number of thiophene rings is 1. The third kappa shape index (κ3) is 3.44. The number of nitrogens with zero attached hydrogens (tertiary/aromatic N) is 2. The molecule has 0 spiro atoms. The van der Waals surface area contributed by atoms with Gasteiger partial charge in [0.05, 0.1) is 0 Å². The third-order valence-electron chi connectivity index (χ3n) is 3.00. The Labute approximate surface area is 118 Å². The van der Waals surface area contributed by atoms with E-state index in [4.69, 9.17) is 5.73 Å². The van der Waals surface area contributed by atoms with Crippen molar-refractivity contribution in [3.63, 3.8) is 0 Å². The first-order chi connectivity index (χ1) is 9.08. The van der Waals surface area contributed by atoms with E-state index >= 15 is 0 Å². The maximum absolute atomic E-state index is 5.94. The molecule has 4 nitrogen and oxygen atoms in total. The van der Waals surface area contributed by atoms with Gasteiger partial charge in [0.25, 0.3) is 0 Å². The van der Waals surface area contributed by atoms with Crippen LogP contribution in [0.1, 0.15) is 37.8 Å². The van der Waals surface area contributed by atoms with E-state index in [0.29, 0.717) is 17.8 Å². The van der Waals surface area contributed by atoms with Gasteiger partial charge in [-0.2, -0.15) is 11.3 Å². The lowest BCUT2D eigenvalue weighted by atomic mass is 10.0. The minimum Gasteiger partial charge on any atom is -0.383 e. The number of nitrogens with one attached hydrogen (secondary N) is 1. The highest BCUT2D eigenvalue weighted by atomic mass is 32.1. The van der Waals surface area contributed by atoms with Crippen molar-refractivity contribution in [3.8, 4) is 0 Å². The predicted molar refractivity (Wildman–Crippen MR) is 81.6 cm³/mol. The van der Waals surface area contributed by atoms with Gasteiger partial charge in [-0.3, -0.25) is 0 Å². The first-order valence-electron chi connectivity index (χ1n) is 6.46. The second kappa shape index (κ2) is 6.02. The molecule has 0 amide bonds. The molecule has 0 saturated heterocycles. The molecule has 0 saturated carbocycles. The molecule has 2 rings (SSSR count). The van der Waals surface area contributed by atoms with Crippen molar-refractivity contribution in [3.05, 3.63) is 34.3 Å². The summed E-state index contributed by atoms with van der Waals surface area (Å²) in [6, 6.07) is 2.46. The summed E-state index contributed by atoms with van der Waals surface area (Å²) in [5.74, 6) is 1.72. The van der Waals surface area contributed by atoms with Crippen molar-refractivity contribution in [1.29, 1.82) is 0 Å². The number of hydrogen-bond donors (Lipinski definition) is 2. The summed E-state index contributed by atoms with van der Waals surface area (Å²) < 4.78 is 0. The van der Waals surface area contributed by atoms with Gasteiger partial charge in [0.1, 0.15) is 18.0 Å². The molecule has 19 heavy (non-hydrogen) atoms. The normalized spacial score (nSPS) is 12.6.